The van der Waals surface area contributed by atoms with Gasteiger partial charge in [0.25, 0.3) is 14.3 Å². The first-order valence-corrected chi connectivity index (χ1v) is 65.1. The van der Waals surface area contributed by atoms with Crippen molar-refractivity contribution in [3.05, 3.63) is 244 Å². The predicted molar refractivity (Wildman–Crippen MR) is 505 cm³/mol. The predicted octanol–water partition coefficient (Wildman–Crippen LogP) is 26.1. The van der Waals surface area contributed by atoms with Gasteiger partial charge in [-0.1, -0.05) is 200 Å². The number of halogens is 1. The molecule has 115 heavy (non-hydrogen) atoms. The Kier molecular flexibility index (Phi) is 38.5. The molecule has 0 fully saturated rings. The van der Waals surface area contributed by atoms with E-state index in [0.717, 1.165) is 57.2 Å². The van der Waals surface area contributed by atoms with Gasteiger partial charge in [-0.05, 0) is 218 Å². The molecule has 0 N–H and O–H groups in total. The van der Waals surface area contributed by atoms with Crippen LogP contribution in [0.25, 0.3) is 20.2 Å². The van der Waals surface area contributed by atoms with Crippen LogP contribution in [0.1, 0.15) is 132 Å². The van der Waals surface area contributed by atoms with Crippen molar-refractivity contribution >= 4 is 215 Å². The van der Waals surface area contributed by atoms with Gasteiger partial charge in [0.2, 0.25) is 47.3 Å². The van der Waals surface area contributed by atoms with Crippen molar-refractivity contribution in [3.63, 3.8) is 0 Å². The van der Waals surface area contributed by atoms with Gasteiger partial charge in [-0.15, -0.1) is 68.0 Å². The second-order valence-electron chi connectivity index (χ2n) is 33.3. The lowest BCUT2D eigenvalue weighted by atomic mass is 10.1. The zero-order valence-corrected chi connectivity index (χ0v) is 84.4. The lowest BCUT2D eigenvalue weighted by Crippen LogP contribution is -2.67. The first kappa shape index (κ1) is 98.7. The zero-order valence-electron chi connectivity index (χ0n) is 70.9. The highest BCUT2D eigenvalue weighted by molar-refractivity contribution is 9.09. The number of aryl methyl sites for hydroxylation is 1. The number of rotatable bonds is 22. The molecular weight excluding hydrogens is 1740 g/mol. The summed E-state index contributed by atoms with van der Waals surface area (Å²) in [7, 11) is -13.8. The SMILES string of the molecule is CC(C)(C)[Si](OC(=O)c1cccs1)(c1ccccc1)c1ccccc1.CC(C)[Si](OC(=O)c1cccs1)(C(C)C)C(C)C.C[Si](C)(C)OC(=O)Cc1cccs1.C[Si](C)(C)OC(=O)c1cc2ccccc2s1.C[Si](C)(C)OC(=O)c1ccco1.C[Si](C)(CCBr)OC(=O)c1cccs1.Cc1sc2ccccc2c1C(=O)O[Si](C)(C)C. The van der Waals surface area contributed by atoms with Crippen molar-refractivity contribution in [2.45, 2.75) is 195 Å². The number of fused-ring (bicyclic) bond motifs is 2. The fourth-order valence-electron chi connectivity index (χ4n) is 12.0. The summed E-state index contributed by atoms with van der Waals surface area (Å²) in [6.07, 6.45) is 1.88. The summed E-state index contributed by atoms with van der Waals surface area (Å²) in [6.45, 7) is 49.7. The highest BCUT2D eigenvalue weighted by atomic mass is 79.9. The minimum Gasteiger partial charge on any atom is -0.520 e. The van der Waals surface area contributed by atoms with E-state index in [0.29, 0.717) is 42.6 Å². The van der Waals surface area contributed by atoms with Crippen LogP contribution in [0.2, 0.25) is 119 Å². The number of alkyl halides is 1. The van der Waals surface area contributed by atoms with Crippen molar-refractivity contribution in [2.75, 3.05) is 5.33 Å². The lowest BCUT2D eigenvalue weighted by molar-refractivity contribution is -0.134. The summed E-state index contributed by atoms with van der Waals surface area (Å²) < 4.78 is 46.7. The Morgan fingerprint density at radius 2 is 0.835 bits per heavy atom. The summed E-state index contributed by atoms with van der Waals surface area (Å²) in [6, 6.07) is 57.5. The second-order valence-corrected chi connectivity index (χ2v) is 71.8. The Bertz CT molecular complexity index is 4690. The third-order valence-corrected chi connectivity index (χ3v) is 39.7. The van der Waals surface area contributed by atoms with Gasteiger partial charge in [-0.2, -0.15) is 0 Å². The molecule has 620 valence electrons. The Morgan fingerprint density at radius 1 is 0.417 bits per heavy atom. The van der Waals surface area contributed by atoms with E-state index in [4.69, 9.17) is 35.4 Å². The topological polar surface area (TPSA) is 197 Å². The monoisotopic (exact) mass is 1850 g/mol. The Labute approximate surface area is 721 Å². The number of furan rings is 1. The Morgan fingerprint density at radius 3 is 1.25 bits per heavy atom. The number of benzene rings is 4. The van der Waals surface area contributed by atoms with Crippen LogP contribution in [0.3, 0.4) is 0 Å². The zero-order chi connectivity index (χ0) is 85.9. The number of hydrogen-bond acceptors (Lipinski definition) is 21. The highest BCUT2D eigenvalue weighted by Crippen LogP contribution is 2.43. The fraction of sp³-hybridized carbons (Fsp3) is 0.360. The maximum absolute atomic E-state index is 12.9. The molecule has 0 saturated heterocycles. The van der Waals surface area contributed by atoms with E-state index in [1.807, 2.05) is 240 Å². The highest BCUT2D eigenvalue weighted by Gasteiger charge is 2.53. The van der Waals surface area contributed by atoms with E-state index in [1.165, 1.54) is 51.6 Å². The number of hydrogen-bond donors (Lipinski definition) is 0. The molecule has 0 unspecified atom stereocenters. The molecule has 29 heteroatoms. The summed E-state index contributed by atoms with van der Waals surface area (Å²) in [4.78, 5) is 88.3. The Balaban J connectivity index is 0.000000243. The largest absolute Gasteiger partial charge is 0.520 e. The second kappa shape index (κ2) is 44.8. The van der Waals surface area contributed by atoms with E-state index in [9.17, 15) is 33.6 Å². The Hall–Kier alpha value is -6.83. The summed E-state index contributed by atoms with van der Waals surface area (Å²) in [5.74, 6) is -1.06. The van der Waals surface area contributed by atoms with E-state index >= 15 is 0 Å². The van der Waals surface area contributed by atoms with Crippen LogP contribution in [-0.2, 0) is 42.2 Å². The molecule has 0 atom stereocenters. The van der Waals surface area contributed by atoms with E-state index < -0.39 is 58.2 Å². The standard InChI is InChI=1S/C21H22O2SSi.C14H24O2SSi.C13H16O2SSi.C12H14O2SSi.C9H13BrO2SSi.C9H14O2SSi.C8H12O3Si/c1-21(2,3)25(17-11-6-4-7-12-17,18-13-8-5-9-14-18)23-20(22)19-15-10-16-24-19;1-10(2)18(11(3)4,12(5)6)16-14(15)13-8-7-9-17-13;1-9-12(13(14)15-17(2,3)4)10-7-5-6-8-11(10)16-9;1-16(2,3)14-12(13)11-8-9-6-4-5-7-10(9)15-11;1-14(2,7-5-10)12-9(11)8-4-3-6-13-8;1-13(2,3)11-9(10)7-8-5-4-6-12-8;1-12(2,3)11-8(9)7-5-4-6-10-7/h4-16H,1-3H3;7-12H,1-6H3;5-8H,1-4H3;4-8H,1-3H3;3-4,6H,5,7H2,1-2H3;4-6H,7H2,1-3H3;4-6H,1-3H3. The molecule has 7 aromatic heterocycles. The van der Waals surface area contributed by atoms with Gasteiger partial charge in [-0.3, -0.25) is 4.79 Å². The molecule has 0 amide bonds. The van der Waals surface area contributed by atoms with Crippen molar-refractivity contribution < 1.29 is 69.0 Å². The maximum Gasteiger partial charge on any atom is 0.360 e. The van der Waals surface area contributed by atoms with Crippen molar-refractivity contribution in [1.82, 2.24) is 0 Å². The van der Waals surface area contributed by atoms with Gasteiger partial charge >= 0.3 is 44.1 Å². The molecule has 0 spiro atoms. The third kappa shape index (κ3) is 32.1. The molecule has 11 aromatic rings. The summed E-state index contributed by atoms with van der Waals surface area (Å²) in [5.41, 5.74) is 2.04. The van der Waals surface area contributed by atoms with Crippen LogP contribution in [0.5, 0.6) is 0 Å². The molecule has 0 saturated carbocycles. The summed E-state index contributed by atoms with van der Waals surface area (Å²) >= 11 is 12.4. The van der Waals surface area contributed by atoms with Crippen molar-refractivity contribution in [2.24, 2.45) is 0 Å². The van der Waals surface area contributed by atoms with E-state index in [-0.39, 0.29) is 52.6 Å². The van der Waals surface area contributed by atoms with Gasteiger partial charge in [0.1, 0.15) is 19.5 Å². The summed E-state index contributed by atoms with van der Waals surface area (Å²) in [5, 5.41) is 12.7. The van der Waals surface area contributed by atoms with Gasteiger partial charge in [0.05, 0.1) is 18.2 Å². The van der Waals surface area contributed by atoms with Crippen LogP contribution >= 0.6 is 84.0 Å². The number of carbonyl (C=O) groups is 7. The van der Waals surface area contributed by atoms with Crippen molar-refractivity contribution in [1.29, 1.82) is 0 Å². The van der Waals surface area contributed by atoms with Gasteiger partial charge in [-0.25, -0.2) is 28.8 Å². The average molecular weight is 1860 g/mol. The molecular formula is C86H115BrO15S6Si7. The smallest absolute Gasteiger partial charge is 0.360 e. The van der Waals surface area contributed by atoms with Crippen LogP contribution < -0.4 is 10.4 Å². The van der Waals surface area contributed by atoms with Crippen molar-refractivity contribution in [3.8, 4) is 0 Å². The van der Waals surface area contributed by atoms with E-state index in [2.05, 4.69) is 116 Å². The fourth-order valence-corrected chi connectivity index (χ4v) is 33.0. The van der Waals surface area contributed by atoms with Crippen LogP contribution in [-0.4, -0.2) is 105 Å². The lowest BCUT2D eigenvalue weighted by Gasteiger charge is -2.42. The molecule has 0 aliphatic carbocycles. The third-order valence-electron chi connectivity index (χ3n) is 16.7. The van der Waals surface area contributed by atoms with Crippen LogP contribution in [0, 0.1) is 6.92 Å². The maximum atomic E-state index is 12.9. The van der Waals surface area contributed by atoms with Gasteiger partial charge < -0.3 is 35.4 Å². The average Bonchev–Trinajstić information content (AvgIpc) is 1.55. The minimum absolute atomic E-state index is 0.0957. The molecule has 4 aromatic carbocycles. The van der Waals surface area contributed by atoms with E-state index in [1.54, 1.807) is 40.9 Å². The molecule has 15 nitrogen and oxygen atoms in total. The van der Waals surface area contributed by atoms with Crippen LogP contribution in [0.4, 0.5) is 0 Å². The quantitative estimate of drug-likeness (QED) is 0.0458. The van der Waals surface area contributed by atoms with Crippen LogP contribution in [0.15, 0.2) is 208 Å². The normalized spacial score (nSPS) is 11.8. The van der Waals surface area contributed by atoms with Gasteiger partial charge in [0, 0.05) is 29.9 Å². The minimum atomic E-state index is -2.81. The number of carbonyl (C=O) groups excluding carboxylic acids is 7. The molecule has 0 aliphatic rings. The number of thiophene rings is 6. The molecule has 0 radical (unpaired) electrons. The van der Waals surface area contributed by atoms with Gasteiger partial charge in [0.15, 0.2) is 0 Å². The molecule has 11 rings (SSSR count). The first-order valence-electron chi connectivity index (χ1n) is 38.0. The molecule has 0 bridgehead atoms. The molecule has 0 aliphatic heterocycles. The molecule has 7 heterocycles. The first-order chi connectivity index (χ1) is 53.6.